The maximum atomic E-state index is 11.7. The summed E-state index contributed by atoms with van der Waals surface area (Å²) in [6, 6.07) is 7.02. The van der Waals surface area contributed by atoms with E-state index in [0.29, 0.717) is 5.69 Å². The first-order valence-corrected chi connectivity index (χ1v) is 6.43. The quantitative estimate of drug-likeness (QED) is 0.648. The lowest BCUT2D eigenvalue weighted by Crippen LogP contribution is -2.32. The van der Waals surface area contributed by atoms with E-state index in [9.17, 15) is 9.59 Å². The number of hydrogen-bond acceptors (Lipinski definition) is 4. The van der Waals surface area contributed by atoms with Gasteiger partial charge in [-0.25, -0.2) is 0 Å². The van der Waals surface area contributed by atoms with Crippen LogP contribution >= 0.6 is 0 Å². The summed E-state index contributed by atoms with van der Waals surface area (Å²) in [5.74, 6) is -0.500. The third-order valence-electron chi connectivity index (χ3n) is 3.14. The molecule has 1 amide bonds. The molecule has 102 valence electrons. The number of rotatable bonds is 4. The zero-order valence-electron chi connectivity index (χ0n) is 10.8. The predicted molar refractivity (Wildman–Crippen MR) is 71.3 cm³/mol. The summed E-state index contributed by atoms with van der Waals surface area (Å²) in [6.45, 7) is 1.39. The number of nitrogens with zero attached hydrogens (tertiary/aromatic N) is 1. The topological polar surface area (TPSA) is 72.6 Å². The van der Waals surface area contributed by atoms with Gasteiger partial charge in [0.25, 0.3) is 5.91 Å². The molecule has 1 aromatic rings. The Labute approximate surface area is 112 Å². The fraction of sp³-hybridized carbons (Fsp3) is 0.429. The van der Waals surface area contributed by atoms with Crippen LogP contribution in [0.25, 0.3) is 0 Å². The Morgan fingerprint density at radius 1 is 1.16 bits per heavy atom. The highest BCUT2D eigenvalue weighted by Crippen LogP contribution is 2.09. The predicted octanol–water partition coefficient (Wildman–Crippen LogP) is 0.977. The van der Waals surface area contributed by atoms with Crippen LogP contribution in [0, 0.1) is 0 Å². The van der Waals surface area contributed by atoms with Crippen molar-refractivity contribution in [2.24, 2.45) is 0 Å². The van der Waals surface area contributed by atoms with E-state index in [0.717, 1.165) is 31.5 Å². The van der Waals surface area contributed by atoms with Gasteiger partial charge in [0.1, 0.15) is 0 Å². The summed E-state index contributed by atoms with van der Waals surface area (Å²) >= 11 is 0. The molecule has 0 aliphatic carbocycles. The van der Waals surface area contributed by atoms with E-state index < -0.39 is 5.97 Å². The molecule has 1 aliphatic heterocycles. The van der Waals surface area contributed by atoms with Crippen molar-refractivity contribution in [3.05, 3.63) is 29.8 Å². The number of benzene rings is 1. The summed E-state index contributed by atoms with van der Waals surface area (Å²) in [4.78, 5) is 25.0. The van der Waals surface area contributed by atoms with Crippen molar-refractivity contribution in [3.8, 4) is 0 Å². The normalized spacial score (nSPS) is 14.4. The van der Waals surface area contributed by atoms with Crippen LogP contribution < -0.4 is 5.73 Å². The van der Waals surface area contributed by atoms with Crippen LogP contribution in [0.2, 0.25) is 0 Å². The summed E-state index contributed by atoms with van der Waals surface area (Å²) in [5.41, 5.74) is 7.04. The van der Waals surface area contributed by atoms with Gasteiger partial charge >= 0.3 is 5.97 Å². The average molecular weight is 262 g/mol. The first kappa shape index (κ1) is 13.4. The van der Waals surface area contributed by atoms with Gasteiger partial charge in [-0.2, -0.15) is 0 Å². The van der Waals surface area contributed by atoms with E-state index in [1.54, 1.807) is 29.2 Å². The van der Waals surface area contributed by atoms with Crippen LogP contribution in [0.5, 0.6) is 0 Å². The molecule has 5 heteroatoms. The smallest absolute Gasteiger partial charge is 0.310 e. The highest BCUT2D eigenvalue weighted by molar-refractivity contribution is 5.81. The molecule has 0 unspecified atom stereocenters. The molecule has 19 heavy (non-hydrogen) atoms. The van der Waals surface area contributed by atoms with Crippen molar-refractivity contribution in [1.29, 1.82) is 0 Å². The third kappa shape index (κ3) is 3.98. The van der Waals surface area contributed by atoms with Gasteiger partial charge < -0.3 is 15.4 Å². The number of likely N-dealkylation sites (tertiary alicyclic amines) is 1. The minimum Gasteiger partial charge on any atom is -0.455 e. The van der Waals surface area contributed by atoms with E-state index in [2.05, 4.69) is 0 Å². The van der Waals surface area contributed by atoms with Crippen LogP contribution in [0.15, 0.2) is 24.3 Å². The van der Waals surface area contributed by atoms with Crippen molar-refractivity contribution >= 4 is 17.6 Å². The van der Waals surface area contributed by atoms with E-state index in [1.165, 1.54) is 0 Å². The monoisotopic (exact) mass is 262 g/mol. The average Bonchev–Trinajstić information content (AvgIpc) is 2.93. The second-order valence-electron chi connectivity index (χ2n) is 4.67. The third-order valence-corrected chi connectivity index (χ3v) is 3.14. The largest absolute Gasteiger partial charge is 0.455 e. The number of ether oxygens (including phenoxy) is 1. The summed E-state index contributed by atoms with van der Waals surface area (Å²) < 4.78 is 4.99. The Morgan fingerprint density at radius 2 is 1.79 bits per heavy atom. The maximum absolute atomic E-state index is 11.7. The molecule has 2 rings (SSSR count). The zero-order chi connectivity index (χ0) is 13.7. The Bertz CT molecular complexity index is 450. The van der Waals surface area contributed by atoms with Gasteiger partial charge in [0, 0.05) is 18.8 Å². The van der Waals surface area contributed by atoms with Crippen molar-refractivity contribution in [2.75, 3.05) is 25.4 Å². The van der Waals surface area contributed by atoms with Crippen LogP contribution in [0.1, 0.15) is 18.4 Å². The van der Waals surface area contributed by atoms with Crippen LogP contribution in [-0.4, -0.2) is 36.5 Å². The summed E-state index contributed by atoms with van der Waals surface area (Å²) in [6.07, 6.45) is 2.23. The number of amides is 1. The number of carbonyl (C=O) groups is 2. The van der Waals surface area contributed by atoms with Crippen LogP contribution in [0.4, 0.5) is 5.69 Å². The number of carbonyl (C=O) groups excluding carboxylic acids is 2. The first-order chi connectivity index (χ1) is 9.15. The second kappa shape index (κ2) is 6.22. The van der Waals surface area contributed by atoms with Gasteiger partial charge in [-0.1, -0.05) is 12.1 Å². The second-order valence-corrected chi connectivity index (χ2v) is 4.67. The molecule has 1 heterocycles. The van der Waals surface area contributed by atoms with Gasteiger partial charge in [-0.05, 0) is 30.5 Å². The number of nitrogen functional groups attached to an aromatic ring is 1. The molecule has 1 aromatic carbocycles. The molecular weight excluding hydrogens is 244 g/mol. The molecule has 0 radical (unpaired) electrons. The fourth-order valence-electron chi connectivity index (χ4n) is 2.05. The molecule has 1 aliphatic rings. The molecule has 1 fully saturated rings. The zero-order valence-corrected chi connectivity index (χ0v) is 10.8. The Kier molecular flexibility index (Phi) is 4.39. The van der Waals surface area contributed by atoms with Gasteiger partial charge in [-0.15, -0.1) is 0 Å². The van der Waals surface area contributed by atoms with E-state index in [4.69, 9.17) is 10.5 Å². The van der Waals surface area contributed by atoms with Gasteiger partial charge in [0.2, 0.25) is 0 Å². The molecule has 5 nitrogen and oxygen atoms in total. The highest BCUT2D eigenvalue weighted by atomic mass is 16.5. The SMILES string of the molecule is Nc1ccc(CC(=O)OCC(=O)N2CCCC2)cc1. The minimum atomic E-state index is -0.391. The molecule has 0 spiro atoms. The summed E-state index contributed by atoms with van der Waals surface area (Å²) in [5, 5.41) is 0. The number of esters is 1. The standard InChI is InChI=1S/C14H18N2O3/c15-12-5-3-11(4-6-12)9-14(18)19-10-13(17)16-7-1-2-8-16/h3-6H,1-2,7-10,15H2. The molecule has 0 aromatic heterocycles. The van der Waals surface area contributed by atoms with Gasteiger partial charge in [-0.3, -0.25) is 9.59 Å². The maximum Gasteiger partial charge on any atom is 0.310 e. The molecular formula is C14H18N2O3. The number of nitrogens with two attached hydrogens (primary N) is 1. The Morgan fingerprint density at radius 3 is 2.42 bits per heavy atom. The van der Waals surface area contributed by atoms with Crippen LogP contribution in [-0.2, 0) is 20.7 Å². The van der Waals surface area contributed by atoms with Crippen molar-refractivity contribution in [2.45, 2.75) is 19.3 Å². The fourth-order valence-corrected chi connectivity index (χ4v) is 2.05. The molecule has 1 saturated heterocycles. The van der Waals surface area contributed by atoms with E-state index >= 15 is 0 Å². The number of hydrogen-bond donors (Lipinski definition) is 1. The van der Waals surface area contributed by atoms with Gasteiger partial charge in [0.15, 0.2) is 6.61 Å². The van der Waals surface area contributed by atoms with Crippen molar-refractivity contribution < 1.29 is 14.3 Å². The van der Waals surface area contributed by atoms with E-state index in [1.807, 2.05) is 0 Å². The van der Waals surface area contributed by atoms with Crippen LogP contribution in [0.3, 0.4) is 0 Å². The lowest BCUT2D eigenvalue weighted by atomic mass is 10.1. The lowest BCUT2D eigenvalue weighted by molar-refractivity contribution is -0.151. The Balaban J connectivity index is 1.75. The lowest BCUT2D eigenvalue weighted by Gasteiger charge is -2.14. The molecule has 0 bridgehead atoms. The first-order valence-electron chi connectivity index (χ1n) is 6.43. The highest BCUT2D eigenvalue weighted by Gasteiger charge is 2.19. The van der Waals surface area contributed by atoms with Crippen molar-refractivity contribution in [3.63, 3.8) is 0 Å². The van der Waals surface area contributed by atoms with E-state index in [-0.39, 0.29) is 18.9 Å². The Hall–Kier alpha value is -2.04. The summed E-state index contributed by atoms with van der Waals surface area (Å²) in [7, 11) is 0. The molecule has 2 N–H and O–H groups in total. The number of anilines is 1. The van der Waals surface area contributed by atoms with Gasteiger partial charge in [0.05, 0.1) is 6.42 Å². The van der Waals surface area contributed by atoms with Crippen molar-refractivity contribution in [1.82, 2.24) is 4.90 Å². The molecule has 0 saturated carbocycles. The minimum absolute atomic E-state index is 0.108. The molecule has 0 atom stereocenters.